The van der Waals surface area contributed by atoms with Gasteiger partial charge in [0.15, 0.2) is 11.0 Å². The molecule has 2 N–H and O–H groups in total. The van der Waals surface area contributed by atoms with E-state index in [-0.39, 0.29) is 17.0 Å². The van der Waals surface area contributed by atoms with Gasteiger partial charge < -0.3 is 15.2 Å². The van der Waals surface area contributed by atoms with Crippen molar-refractivity contribution >= 4 is 29.3 Å². The quantitative estimate of drug-likeness (QED) is 0.390. The van der Waals surface area contributed by atoms with Crippen molar-refractivity contribution in [2.75, 3.05) is 11.1 Å². The third-order valence-electron chi connectivity index (χ3n) is 4.53. The smallest absolute Gasteiger partial charge is 0.342 e. The van der Waals surface area contributed by atoms with Crippen molar-refractivity contribution in [3.05, 3.63) is 71.3 Å². The number of carbonyl (C=O) groups excluding carboxylic acids is 2. The fourth-order valence-electron chi connectivity index (χ4n) is 2.91. The van der Waals surface area contributed by atoms with Gasteiger partial charge in [0.1, 0.15) is 5.82 Å². The molecule has 3 rings (SSSR count). The minimum atomic E-state index is -4.51. The molecule has 0 unspecified atom stereocenters. The van der Waals surface area contributed by atoms with Gasteiger partial charge in [0.05, 0.1) is 22.9 Å². The number of carbonyl (C=O) groups is 2. The predicted molar refractivity (Wildman–Crippen MR) is 114 cm³/mol. The van der Waals surface area contributed by atoms with Gasteiger partial charge in [-0.25, -0.2) is 4.39 Å². The molecule has 2 aromatic carbocycles. The largest absolute Gasteiger partial charge is 0.416 e. The average Bonchev–Trinajstić information content (AvgIpc) is 3.12. The first kappa shape index (κ1) is 24.2. The summed E-state index contributed by atoms with van der Waals surface area (Å²) < 4.78 is 53.8. The number of anilines is 1. The number of thioether (sulfide) groups is 1. The number of nitrogens with one attached hydrogen (secondary N) is 2. The van der Waals surface area contributed by atoms with E-state index in [1.807, 2.05) is 0 Å². The molecule has 0 spiro atoms. The maximum atomic E-state index is 13.8. The van der Waals surface area contributed by atoms with E-state index < -0.39 is 35.4 Å². The van der Waals surface area contributed by atoms with Crippen LogP contribution in [0.3, 0.4) is 0 Å². The number of alkyl halides is 3. The number of hydrogen-bond acceptors (Lipinski definition) is 5. The maximum Gasteiger partial charge on any atom is 0.416 e. The monoisotopic (exact) mass is 481 g/mol. The first-order chi connectivity index (χ1) is 15.6. The number of hydrogen-bond donors (Lipinski definition) is 2. The number of benzene rings is 2. The van der Waals surface area contributed by atoms with Crippen LogP contribution in [0.5, 0.6) is 0 Å². The lowest BCUT2D eigenvalue weighted by Crippen LogP contribution is -2.29. The second-order valence-corrected chi connectivity index (χ2v) is 7.93. The molecule has 0 bridgehead atoms. The molecule has 0 aliphatic heterocycles. The summed E-state index contributed by atoms with van der Waals surface area (Å²) in [5, 5.41) is 13.4. The van der Waals surface area contributed by atoms with Crippen LogP contribution in [-0.4, -0.2) is 32.3 Å². The lowest BCUT2D eigenvalue weighted by atomic mass is 10.2. The van der Waals surface area contributed by atoms with Crippen molar-refractivity contribution < 1.29 is 27.2 Å². The molecule has 1 atom stereocenters. The molecule has 7 nitrogen and oxygen atoms in total. The minimum absolute atomic E-state index is 0.0264. The Hall–Kier alpha value is -3.41. The summed E-state index contributed by atoms with van der Waals surface area (Å²) >= 11 is 1.02. The van der Waals surface area contributed by atoms with Gasteiger partial charge in [-0.05, 0) is 37.3 Å². The first-order valence-electron chi connectivity index (χ1n) is 9.61. The topological polar surface area (TPSA) is 88.9 Å². The van der Waals surface area contributed by atoms with Gasteiger partial charge in [-0.1, -0.05) is 30.0 Å². The van der Waals surface area contributed by atoms with Gasteiger partial charge >= 0.3 is 6.18 Å². The average molecular weight is 481 g/mol. The van der Waals surface area contributed by atoms with Gasteiger partial charge in [0.2, 0.25) is 5.91 Å². The van der Waals surface area contributed by atoms with E-state index in [2.05, 4.69) is 20.8 Å². The lowest BCUT2D eigenvalue weighted by Gasteiger charge is -2.14. The van der Waals surface area contributed by atoms with Crippen LogP contribution < -0.4 is 10.6 Å². The highest BCUT2D eigenvalue weighted by Gasteiger charge is 2.30. The van der Waals surface area contributed by atoms with E-state index in [9.17, 15) is 27.2 Å². The summed E-state index contributed by atoms with van der Waals surface area (Å²) in [6.07, 6.45) is -4.51. The zero-order valence-electron chi connectivity index (χ0n) is 17.5. The fraction of sp³-hybridized carbons (Fsp3) is 0.238. The molecule has 1 aromatic heterocycles. The van der Waals surface area contributed by atoms with Crippen LogP contribution in [0.15, 0.2) is 53.7 Å². The molecule has 0 saturated carbocycles. The number of nitrogens with zero attached hydrogens (tertiary/aromatic N) is 3. The zero-order valence-corrected chi connectivity index (χ0v) is 18.3. The Labute approximate surface area is 190 Å². The SMILES string of the molecule is C[C@H](NC(=O)c1ccccc1F)c1nnc(SCC(=O)Nc2cccc(C(F)(F)F)c2)n1C. The van der Waals surface area contributed by atoms with Crippen LogP contribution in [0, 0.1) is 5.82 Å². The van der Waals surface area contributed by atoms with E-state index >= 15 is 0 Å². The second-order valence-electron chi connectivity index (χ2n) is 6.99. The first-order valence-corrected chi connectivity index (χ1v) is 10.6. The summed E-state index contributed by atoms with van der Waals surface area (Å²) in [5.41, 5.74) is -0.941. The highest BCUT2D eigenvalue weighted by atomic mass is 32.2. The third-order valence-corrected chi connectivity index (χ3v) is 5.55. The van der Waals surface area contributed by atoms with Gasteiger partial charge in [-0.3, -0.25) is 9.59 Å². The molecular weight excluding hydrogens is 462 g/mol. The molecule has 0 fully saturated rings. The number of aromatic nitrogens is 3. The maximum absolute atomic E-state index is 13.8. The van der Waals surface area contributed by atoms with Gasteiger partial charge in [0, 0.05) is 12.7 Å². The standard InChI is InChI=1S/C21H19F4N5O2S/c1-12(26-19(32)15-8-3-4-9-16(15)22)18-28-29-20(30(18)2)33-11-17(31)27-14-7-5-6-13(10-14)21(23,24)25/h3-10,12H,11H2,1-2H3,(H,26,32)(H,27,31)/t12-/m0/s1. The molecule has 0 aliphatic rings. The molecule has 33 heavy (non-hydrogen) atoms. The van der Waals surface area contributed by atoms with Crippen LogP contribution in [0.25, 0.3) is 0 Å². The molecule has 3 aromatic rings. The molecule has 2 amide bonds. The minimum Gasteiger partial charge on any atom is -0.342 e. The van der Waals surface area contributed by atoms with E-state index in [1.165, 1.54) is 30.3 Å². The highest BCUT2D eigenvalue weighted by Crippen LogP contribution is 2.30. The second kappa shape index (κ2) is 10.0. The number of amides is 2. The van der Waals surface area contributed by atoms with Crippen LogP contribution in [0.2, 0.25) is 0 Å². The Morgan fingerprint density at radius 2 is 1.85 bits per heavy atom. The van der Waals surface area contributed by atoms with E-state index in [1.54, 1.807) is 24.6 Å². The molecule has 12 heteroatoms. The molecule has 174 valence electrons. The van der Waals surface area contributed by atoms with E-state index in [4.69, 9.17) is 0 Å². The van der Waals surface area contributed by atoms with Crippen molar-refractivity contribution in [2.24, 2.45) is 7.05 Å². The summed E-state index contributed by atoms with van der Waals surface area (Å²) in [6.45, 7) is 1.65. The molecule has 0 saturated heterocycles. The zero-order chi connectivity index (χ0) is 24.2. The highest BCUT2D eigenvalue weighted by molar-refractivity contribution is 7.99. The Bertz CT molecular complexity index is 1170. The number of rotatable bonds is 7. The van der Waals surface area contributed by atoms with Crippen molar-refractivity contribution in [1.29, 1.82) is 0 Å². The fourth-order valence-corrected chi connectivity index (χ4v) is 3.63. The summed E-state index contributed by atoms with van der Waals surface area (Å²) in [7, 11) is 1.63. The Morgan fingerprint density at radius 3 is 2.55 bits per heavy atom. The van der Waals surface area contributed by atoms with Crippen LogP contribution in [-0.2, 0) is 18.0 Å². The summed E-state index contributed by atoms with van der Waals surface area (Å²) in [4.78, 5) is 24.5. The van der Waals surface area contributed by atoms with Crippen molar-refractivity contribution in [1.82, 2.24) is 20.1 Å². The van der Waals surface area contributed by atoms with Gasteiger partial charge in [0.25, 0.3) is 5.91 Å². The third kappa shape index (κ3) is 6.09. The molecular formula is C21H19F4N5O2S. The van der Waals surface area contributed by atoms with Crippen molar-refractivity contribution in [2.45, 2.75) is 24.3 Å². The van der Waals surface area contributed by atoms with Crippen LogP contribution in [0.4, 0.5) is 23.2 Å². The number of halogens is 4. The van der Waals surface area contributed by atoms with Crippen molar-refractivity contribution in [3.8, 4) is 0 Å². The van der Waals surface area contributed by atoms with E-state index in [0.29, 0.717) is 11.0 Å². The van der Waals surface area contributed by atoms with Crippen LogP contribution >= 0.6 is 11.8 Å². The van der Waals surface area contributed by atoms with E-state index in [0.717, 1.165) is 23.9 Å². The van der Waals surface area contributed by atoms with Gasteiger partial charge in [-0.15, -0.1) is 10.2 Å². The Balaban J connectivity index is 1.59. The lowest BCUT2D eigenvalue weighted by molar-refractivity contribution is -0.137. The summed E-state index contributed by atoms with van der Waals surface area (Å²) in [5.74, 6) is -1.54. The molecule has 1 heterocycles. The van der Waals surface area contributed by atoms with Crippen molar-refractivity contribution in [3.63, 3.8) is 0 Å². The normalized spacial score (nSPS) is 12.3. The molecule has 0 radical (unpaired) electrons. The Morgan fingerprint density at radius 1 is 1.12 bits per heavy atom. The van der Waals surface area contributed by atoms with Gasteiger partial charge in [-0.2, -0.15) is 13.2 Å². The Kier molecular flexibility index (Phi) is 7.36. The summed E-state index contributed by atoms with van der Waals surface area (Å²) in [6, 6.07) is 9.29. The predicted octanol–water partition coefficient (Wildman–Crippen LogP) is 4.19. The van der Waals surface area contributed by atoms with Crippen LogP contribution in [0.1, 0.15) is 34.7 Å². The molecule has 0 aliphatic carbocycles.